The summed E-state index contributed by atoms with van der Waals surface area (Å²) in [5.41, 5.74) is 2.85. The number of hydrogen-bond donors (Lipinski definition) is 0. The summed E-state index contributed by atoms with van der Waals surface area (Å²) >= 11 is 0. The van der Waals surface area contributed by atoms with Crippen molar-refractivity contribution in [3.63, 3.8) is 0 Å². The number of aldehydes is 1. The molecule has 2 aromatic rings. The Hall–Kier alpha value is -2.03. The maximum absolute atomic E-state index is 10.9. The smallest absolute Gasteiger partial charge is 0.185 e. The van der Waals surface area contributed by atoms with Gasteiger partial charge in [0.25, 0.3) is 0 Å². The molecule has 0 fully saturated rings. The van der Waals surface area contributed by atoms with E-state index in [1.165, 1.54) is 11.8 Å². The molecule has 92 valence electrons. The Morgan fingerprint density at radius 2 is 2.11 bits per heavy atom. The molecular weight excluding hydrogens is 228 g/mol. The molecule has 0 N–H and O–H groups in total. The molecular formula is C15H14O3. The Bertz CT molecular complexity index is 608. The summed E-state index contributed by atoms with van der Waals surface area (Å²) < 4.78 is 11.0. The molecule has 1 aromatic carbocycles. The fraction of sp³-hybridized carbons (Fsp3) is 0.267. The number of rotatable bonds is 2. The summed E-state index contributed by atoms with van der Waals surface area (Å²) in [6.45, 7) is 4.14. The predicted molar refractivity (Wildman–Crippen MR) is 67.9 cm³/mol. The van der Waals surface area contributed by atoms with Crippen LogP contribution in [0.5, 0.6) is 5.75 Å². The van der Waals surface area contributed by atoms with E-state index in [2.05, 4.69) is 19.9 Å². The first-order valence-corrected chi connectivity index (χ1v) is 5.94. The number of carbonyl (C=O) groups excluding carboxylic acids is 1. The van der Waals surface area contributed by atoms with Crippen LogP contribution in [0.1, 0.15) is 30.0 Å². The van der Waals surface area contributed by atoms with Gasteiger partial charge in [-0.1, -0.05) is 6.07 Å². The van der Waals surface area contributed by atoms with Crippen molar-refractivity contribution in [1.29, 1.82) is 0 Å². The molecule has 0 unspecified atom stereocenters. The minimum Gasteiger partial charge on any atom is -0.487 e. The molecule has 18 heavy (non-hydrogen) atoms. The molecule has 3 rings (SSSR count). The molecule has 0 spiro atoms. The fourth-order valence-corrected chi connectivity index (χ4v) is 2.43. The minimum absolute atomic E-state index is 0.148. The quantitative estimate of drug-likeness (QED) is 0.757. The van der Waals surface area contributed by atoms with E-state index in [9.17, 15) is 4.79 Å². The lowest BCUT2D eigenvalue weighted by Crippen LogP contribution is -2.24. The van der Waals surface area contributed by atoms with Crippen LogP contribution >= 0.6 is 0 Å². The predicted octanol–water partition coefficient (Wildman–Crippen LogP) is 3.47. The van der Waals surface area contributed by atoms with E-state index in [0.29, 0.717) is 5.76 Å². The Morgan fingerprint density at radius 1 is 1.28 bits per heavy atom. The van der Waals surface area contributed by atoms with Crippen molar-refractivity contribution in [3.8, 4) is 16.9 Å². The average Bonchev–Trinajstić information content (AvgIpc) is 2.88. The van der Waals surface area contributed by atoms with Crippen molar-refractivity contribution in [2.75, 3.05) is 0 Å². The fourth-order valence-electron chi connectivity index (χ4n) is 2.43. The van der Waals surface area contributed by atoms with E-state index in [-0.39, 0.29) is 5.60 Å². The molecule has 1 aliphatic heterocycles. The number of benzene rings is 1. The van der Waals surface area contributed by atoms with Crippen LogP contribution in [0, 0.1) is 0 Å². The van der Waals surface area contributed by atoms with Gasteiger partial charge in [-0.25, -0.2) is 0 Å². The van der Waals surface area contributed by atoms with Crippen LogP contribution in [0.2, 0.25) is 0 Å². The van der Waals surface area contributed by atoms with Gasteiger partial charge in [-0.2, -0.15) is 0 Å². The van der Waals surface area contributed by atoms with E-state index < -0.39 is 0 Å². The summed E-state index contributed by atoms with van der Waals surface area (Å²) in [5.74, 6) is 1.30. The summed E-state index contributed by atoms with van der Waals surface area (Å²) in [6.07, 6.45) is 3.15. The number of ether oxygens (including phenoxy) is 1. The van der Waals surface area contributed by atoms with Crippen LogP contribution < -0.4 is 4.74 Å². The summed E-state index contributed by atoms with van der Waals surface area (Å²) in [7, 11) is 0. The second kappa shape index (κ2) is 3.73. The van der Waals surface area contributed by atoms with E-state index >= 15 is 0 Å². The highest BCUT2D eigenvalue weighted by Gasteiger charge is 2.30. The molecule has 3 nitrogen and oxygen atoms in total. The lowest BCUT2D eigenvalue weighted by atomic mass is 9.98. The van der Waals surface area contributed by atoms with E-state index in [0.717, 1.165) is 29.6 Å². The lowest BCUT2D eigenvalue weighted by Gasteiger charge is -2.16. The largest absolute Gasteiger partial charge is 0.487 e. The van der Waals surface area contributed by atoms with Crippen molar-refractivity contribution in [2.45, 2.75) is 25.9 Å². The molecule has 3 heteroatoms. The Kier molecular flexibility index (Phi) is 2.30. The van der Waals surface area contributed by atoms with Gasteiger partial charge >= 0.3 is 0 Å². The van der Waals surface area contributed by atoms with Gasteiger partial charge in [0.15, 0.2) is 12.0 Å². The van der Waals surface area contributed by atoms with Crippen LogP contribution in [-0.2, 0) is 6.42 Å². The highest BCUT2D eigenvalue weighted by molar-refractivity contribution is 5.84. The second-order valence-electron chi connectivity index (χ2n) is 5.18. The van der Waals surface area contributed by atoms with Crippen LogP contribution in [0.4, 0.5) is 0 Å². The van der Waals surface area contributed by atoms with Crippen LogP contribution in [0.3, 0.4) is 0 Å². The van der Waals surface area contributed by atoms with E-state index in [4.69, 9.17) is 9.15 Å². The Balaban J connectivity index is 2.05. The third-order valence-corrected chi connectivity index (χ3v) is 3.18. The zero-order valence-corrected chi connectivity index (χ0v) is 10.4. The number of carbonyl (C=O) groups is 1. The third-order valence-electron chi connectivity index (χ3n) is 3.18. The van der Waals surface area contributed by atoms with Gasteiger partial charge in [0.1, 0.15) is 11.4 Å². The number of fused-ring (bicyclic) bond motifs is 1. The first-order valence-electron chi connectivity index (χ1n) is 5.94. The van der Waals surface area contributed by atoms with Crippen molar-refractivity contribution in [1.82, 2.24) is 0 Å². The van der Waals surface area contributed by atoms with Crippen molar-refractivity contribution < 1.29 is 13.9 Å². The monoisotopic (exact) mass is 242 g/mol. The van der Waals surface area contributed by atoms with Gasteiger partial charge in [0, 0.05) is 12.0 Å². The maximum atomic E-state index is 10.9. The highest BCUT2D eigenvalue weighted by atomic mass is 16.5. The van der Waals surface area contributed by atoms with Gasteiger partial charge in [0.05, 0.1) is 6.26 Å². The maximum Gasteiger partial charge on any atom is 0.185 e. The van der Waals surface area contributed by atoms with Gasteiger partial charge in [0.2, 0.25) is 0 Å². The van der Waals surface area contributed by atoms with Crippen LogP contribution in [0.25, 0.3) is 11.1 Å². The van der Waals surface area contributed by atoms with Gasteiger partial charge in [-0.15, -0.1) is 0 Å². The molecule has 0 saturated carbocycles. The zero-order valence-electron chi connectivity index (χ0n) is 10.4. The second-order valence-corrected chi connectivity index (χ2v) is 5.18. The average molecular weight is 242 g/mol. The molecule has 1 aliphatic rings. The number of furan rings is 1. The normalized spacial score (nSPS) is 16.1. The molecule has 0 atom stereocenters. The molecule has 0 saturated heterocycles. The van der Waals surface area contributed by atoms with Crippen LogP contribution in [0.15, 0.2) is 34.9 Å². The Morgan fingerprint density at radius 3 is 2.89 bits per heavy atom. The van der Waals surface area contributed by atoms with Crippen molar-refractivity contribution >= 4 is 6.29 Å². The third kappa shape index (κ3) is 1.72. The molecule has 0 radical (unpaired) electrons. The zero-order chi connectivity index (χ0) is 12.8. The van der Waals surface area contributed by atoms with Gasteiger partial charge in [-0.05, 0) is 43.2 Å². The lowest BCUT2D eigenvalue weighted by molar-refractivity contribution is 0.110. The van der Waals surface area contributed by atoms with Crippen molar-refractivity contribution in [2.24, 2.45) is 0 Å². The first kappa shape index (κ1) is 11.1. The summed E-state index contributed by atoms with van der Waals surface area (Å²) in [6, 6.07) is 7.80. The molecule has 0 bridgehead atoms. The van der Waals surface area contributed by atoms with E-state index in [1.54, 1.807) is 0 Å². The molecule has 2 heterocycles. The standard InChI is InChI=1S/C15H14O3/c1-15(2)8-11-7-10(3-4-13(11)18-15)12-5-6-17-14(12)9-16/h3-7,9H,8H2,1-2H3. The van der Waals surface area contributed by atoms with Crippen molar-refractivity contribution in [3.05, 3.63) is 41.9 Å². The first-order chi connectivity index (χ1) is 8.59. The topological polar surface area (TPSA) is 39.4 Å². The van der Waals surface area contributed by atoms with Gasteiger partial charge < -0.3 is 9.15 Å². The summed E-state index contributed by atoms with van der Waals surface area (Å²) in [5, 5.41) is 0. The minimum atomic E-state index is -0.148. The number of hydrogen-bond acceptors (Lipinski definition) is 3. The van der Waals surface area contributed by atoms with E-state index in [1.807, 2.05) is 18.2 Å². The SMILES string of the molecule is CC1(C)Cc2cc(-c3ccoc3C=O)ccc2O1. The molecule has 0 amide bonds. The summed E-state index contributed by atoms with van der Waals surface area (Å²) in [4.78, 5) is 10.9. The molecule has 1 aromatic heterocycles. The molecule has 0 aliphatic carbocycles. The highest BCUT2D eigenvalue weighted by Crippen LogP contribution is 2.37. The van der Waals surface area contributed by atoms with Crippen LogP contribution in [-0.4, -0.2) is 11.9 Å². The van der Waals surface area contributed by atoms with Gasteiger partial charge in [-0.3, -0.25) is 4.79 Å². The Labute approximate surface area is 105 Å².